The Morgan fingerprint density at radius 3 is 1.90 bits per heavy atom. The van der Waals surface area contributed by atoms with Crippen LogP contribution in [0.3, 0.4) is 0 Å². The summed E-state index contributed by atoms with van der Waals surface area (Å²) in [5.74, 6) is 0. The number of fused-ring (bicyclic) bond motifs is 1. The molecule has 0 atom stereocenters. The Bertz CT molecular complexity index is 880. The van der Waals surface area contributed by atoms with Crippen LogP contribution in [0.5, 0.6) is 0 Å². The number of nitrogens with two attached hydrogens (primary N) is 1. The van der Waals surface area contributed by atoms with Crippen molar-refractivity contribution in [3.8, 4) is 0 Å². The maximum Gasteiger partial charge on any atom is 1.00 e. The summed E-state index contributed by atoms with van der Waals surface area (Å²) in [5.41, 5.74) is 5.69. The molecule has 0 amide bonds. The molecule has 0 aliphatic carbocycles. The third-order valence-corrected chi connectivity index (χ3v) is 4.16. The molecule has 0 heterocycles. The number of anilines is 1. The standard InChI is InChI=1S/C10H9NO6S2.2Na/c11-7-2-1-6-3-8(18(12,13)14)5-10(9(6)4-7)19(15,16)17;;/h1-5H,11H2,(H,12,13,14)(H,15,16,17);;/q;2*+1/p-2. The summed E-state index contributed by atoms with van der Waals surface area (Å²) >= 11 is 0. The van der Waals surface area contributed by atoms with Crippen LogP contribution in [-0.2, 0) is 20.2 Å². The van der Waals surface area contributed by atoms with Crippen LogP contribution in [0.4, 0.5) is 5.69 Å². The number of rotatable bonds is 2. The molecule has 0 unspecified atom stereocenters. The zero-order valence-corrected chi connectivity index (χ0v) is 16.9. The first-order valence-electron chi connectivity index (χ1n) is 4.84. The molecule has 0 spiro atoms. The van der Waals surface area contributed by atoms with Gasteiger partial charge in [-0.2, -0.15) is 0 Å². The van der Waals surface area contributed by atoms with Crippen molar-refractivity contribution < 1.29 is 85.1 Å². The van der Waals surface area contributed by atoms with Crippen LogP contribution in [0.25, 0.3) is 10.8 Å². The van der Waals surface area contributed by atoms with Crippen LogP contribution in [-0.4, -0.2) is 25.9 Å². The molecule has 0 aromatic heterocycles. The molecular weight excluding hydrogens is 340 g/mol. The van der Waals surface area contributed by atoms with Gasteiger partial charge in [0.2, 0.25) is 0 Å². The predicted molar refractivity (Wildman–Crippen MR) is 64.3 cm³/mol. The van der Waals surface area contributed by atoms with E-state index in [0.29, 0.717) is 6.07 Å². The molecule has 2 rings (SSSR count). The van der Waals surface area contributed by atoms with E-state index >= 15 is 0 Å². The molecule has 0 radical (unpaired) electrons. The van der Waals surface area contributed by atoms with Gasteiger partial charge in [-0.3, -0.25) is 0 Å². The Hall–Kier alpha value is 0.320. The fraction of sp³-hybridized carbons (Fsp3) is 0. The second-order valence-corrected chi connectivity index (χ2v) is 6.54. The molecule has 0 aliphatic heterocycles. The average Bonchev–Trinajstić information content (AvgIpc) is 2.24. The fourth-order valence-electron chi connectivity index (χ4n) is 1.67. The second kappa shape index (κ2) is 7.26. The summed E-state index contributed by atoms with van der Waals surface area (Å²) in [6, 6.07) is 5.48. The van der Waals surface area contributed by atoms with Gasteiger partial charge < -0.3 is 14.8 Å². The molecule has 102 valence electrons. The van der Waals surface area contributed by atoms with Gasteiger partial charge in [0.05, 0.1) is 9.79 Å². The van der Waals surface area contributed by atoms with Crippen LogP contribution in [0, 0.1) is 0 Å². The van der Waals surface area contributed by atoms with Gasteiger partial charge in [-0.05, 0) is 29.7 Å². The monoisotopic (exact) mass is 347 g/mol. The first-order valence-corrected chi connectivity index (χ1v) is 7.66. The molecule has 2 aromatic carbocycles. The molecule has 2 N–H and O–H groups in total. The van der Waals surface area contributed by atoms with Gasteiger partial charge in [-0.25, -0.2) is 16.8 Å². The number of hydrogen-bond acceptors (Lipinski definition) is 7. The molecule has 21 heavy (non-hydrogen) atoms. The summed E-state index contributed by atoms with van der Waals surface area (Å²) in [7, 11) is -9.81. The summed E-state index contributed by atoms with van der Waals surface area (Å²) in [5, 5.41) is 0.1000. The molecular formula is C10H7NNa2O6S2. The number of benzene rings is 2. The fourth-order valence-corrected chi connectivity index (χ4v) is 2.99. The first kappa shape index (κ1) is 21.3. The molecule has 7 nitrogen and oxygen atoms in total. The van der Waals surface area contributed by atoms with E-state index < -0.39 is 30.0 Å². The van der Waals surface area contributed by atoms with E-state index in [1.54, 1.807) is 0 Å². The van der Waals surface area contributed by atoms with Crippen LogP contribution < -0.4 is 64.8 Å². The summed E-state index contributed by atoms with van der Waals surface area (Å²) in [6.45, 7) is 0. The summed E-state index contributed by atoms with van der Waals surface area (Å²) < 4.78 is 66.3. The third-order valence-electron chi connectivity index (χ3n) is 2.47. The Labute approximate surface area is 166 Å². The van der Waals surface area contributed by atoms with Crippen LogP contribution in [0.1, 0.15) is 0 Å². The molecule has 2 aromatic rings. The van der Waals surface area contributed by atoms with Crippen molar-refractivity contribution in [3.63, 3.8) is 0 Å². The maximum absolute atomic E-state index is 11.1. The minimum absolute atomic E-state index is 0. The maximum atomic E-state index is 11.1. The second-order valence-electron chi connectivity index (χ2n) is 3.81. The van der Waals surface area contributed by atoms with Crippen molar-refractivity contribution in [2.75, 3.05) is 5.73 Å². The molecule has 0 aliphatic rings. The quantitative estimate of drug-likeness (QED) is 0.324. The number of hydrogen-bond donors (Lipinski definition) is 1. The van der Waals surface area contributed by atoms with E-state index in [9.17, 15) is 25.9 Å². The van der Waals surface area contributed by atoms with Gasteiger partial charge in [0, 0.05) is 11.1 Å². The van der Waals surface area contributed by atoms with E-state index in [-0.39, 0.29) is 75.6 Å². The van der Waals surface area contributed by atoms with Crippen molar-refractivity contribution in [2.24, 2.45) is 0 Å². The third kappa shape index (κ3) is 4.90. The Kier molecular flexibility index (Phi) is 7.37. The summed E-state index contributed by atoms with van der Waals surface area (Å²) in [6.07, 6.45) is 0. The minimum Gasteiger partial charge on any atom is -0.744 e. The number of nitrogen functional groups attached to an aromatic ring is 1. The zero-order chi connectivity index (χ0) is 14.4. The van der Waals surface area contributed by atoms with Crippen molar-refractivity contribution in [1.29, 1.82) is 0 Å². The van der Waals surface area contributed by atoms with Crippen molar-refractivity contribution in [2.45, 2.75) is 9.79 Å². The van der Waals surface area contributed by atoms with Crippen LogP contribution in [0.15, 0.2) is 40.1 Å². The van der Waals surface area contributed by atoms with E-state index in [1.165, 1.54) is 18.2 Å². The SMILES string of the molecule is Nc1ccc2cc(S(=O)(=O)[O-])cc(S(=O)(=O)[O-])c2c1.[Na+].[Na+]. The van der Waals surface area contributed by atoms with Gasteiger partial charge in [0.1, 0.15) is 20.2 Å². The summed E-state index contributed by atoms with van der Waals surface area (Å²) in [4.78, 5) is -1.56. The molecule has 0 saturated carbocycles. The van der Waals surface area contributed by atoms with Crippen LogP contribution in [0.2, 0.25) is 0 Å². The average molecular weight is 347 g/mol. The van der Waals surface area contributed by atoms with E-state index in [2.05, 4.69) is 0 Å². The van der Waals surface area contributed by atoms with Crippen molar-refractivity contribution in [3.05, 3.63) is 30.3 Å². The molecule has 0 bridgehead atoms. The molecule has 11 heteroatoms. The molecule has 0 saturated heterocycles. The normalized spacial score (nSPS) is 11.5. The van der Waals surface area contributed by atoms with Gasteiger partial charge in [-0.1, -0.05) is 6.07 Å². The Balaban J connectivity index is 0.00000200. The van der Waals surface area contributed by atoms with Gasteiger partial charge >= 0.3 is 59.1 Å². The smallest absolute Gasteiger partial charge is 0.744 e. The van der Waals surface area contributed by atoms with Crippen molar-refractivity contribution >= 4 is 36.7 Å². The Morgan fingerprint density at radius 2 is 1.43 bits per heavy atom. The minimum atomic E-state index is -4.94. The van der Waals surface area contributed by atoms with Gasteiger partial charge in [0.15, 0.2) is 0 Å². The van der Waals surface area contributed by atoms with E-state index in [1.807, 2.05) is 0 Å². The predicted octanol–water partition coefficient (Wildman–Crippen LogP) is -5.76. The van der Waals surface area contributed by atoms with E-state index in [4.69, 9.17) is 5.73 Å². The van der Waals surface area contributed by atoms with Gasteiger partial charge in [-0.15, -0.1) is 0 Å². The first-order chi connectivity index (χ1) is 8.59. The topological polar surface area (TPSA) is 140 Å². The van der Waals surface area contributed by atoms with E-state index in [0.717, 1.165) is 6.07 Å². The van der Waals surface area contributed by atoms with Crippen LogP contribution >= 0.6 is 0 Å². The largest absolute Gasteiger partial charge is 1.00 e. The van der Waals surface area contributed by atoms with Gasteiger partial charge in [0.25, 0.3) is 0 Å². The zero-order valence-electron chi connectivity index (χ0n) is 11.2. The molecule has 0 fully saturated rings. The van der Waals surface area contributed by atoms with Crippen molar-refractivity contribution in [1.82, 2.24) is 0 Å². The Morgan fingerprint density at radius 1 is 0.857 bits per heavy atom.